The summed E-state index contributed by atoms with van der Waals surface area (Å²) in [6, 6.07) is 10.2. The number of rotatable bonds is 7. The van der Waals surface area contributed by atoms with Crippen LogP contribution in [0.5, 0.6) is 17.2 Å². The first-order chi connectivity index (χ1) is 20.1. The summed E-state index contributed by atoms with van der Waals surface area (Å²) < 4.78 is 17.7. The molecule has 0 spiro atoms. The first kappa shape index (κ1) is 29.3. The molecule has 1 saturated heterocycles. The van der Waals surface area contributed by atoms with Crippen LogP contribution in [0.2, 0.25) is 5.02 Å². The molecular formula is C31H34ClN5O5. The number of hydrogen-bond donors (Lipinski definition) is 2. The molecule has 3 aromatic rings. The minimum atomic E-state index is -0.522. The number of pyridine rings is 1. The van der Waals surface area contributed by atoms with Crippen molar-refractivity contribution in [1.82, 2.24) is 15.2 Å². The normalized spacial score (nSPS) is 15.5. The van der Waals surface area contributed by atoms with Crippen molar-refractivity contribution in [2.45, 2.75) is 58.1 Å². The fourth-order valence-electron chi connectivity index (χ4n) is 4.60. The van der Waals surface area contributed by atoms with Gasteiger partial charge in [0.15, 0.2) is 0 Å². The fourth-order valence-corrected chi connectivity index (χ4v) is 4.82. The Morgan fingerprint density at radius 3 is 2.52 bits per heavy atom. The minimum absolute atomic E-state index is 0.238. The highest BCUT2D eigenvalue weighted by Crippen LogP contribution is 2.39. The molecule has 2 heterocycles. The van der Waals surface area contributed by atoms with E-state index in [4.69, 9.17) is 32.4 Å². The van der Waals surface area contributed by atoms with Crippen molar-refractivity contribution in [2.24, 2.45) is 5.92 Å². The van der Waals surface area contributed by atoms with Gasteiger partial charge in [-0.3, -0.25) is 4.98 Å². The lowest BCUT2D eigenvalue weighted by Crippen LogP contribution is -2.42. The van der Waals surface area contributed by atoms with Crippen molar-refractivity contribution in [1.29, 1.82) is 0 Å². The molecule has 11 heteroatoms. The van der Waals surface area contributed by atoms with Gasteiger partial charge < -0.3 is 29.7 Å². The third kappa shape index (κ3) is 7.53. The molecule has 42 heavy (non-hydrogen) atoms. The molecule has 1 aliphatic heterocycles. The average Bonchev–Trinajstić information content (AvgIpc) is 3.76. The number of anilines is 1. The number of nitrogens with one attached hydrogen (secondary N) is 2. The third-order valence-corrected chi connectivity index (χ3v) is 7.29. The second-order valence-electron chi connectivity index (χ2n) is 11.6. The summed E-state index contributed by atoms with van der Waals surface area (Å²) in [5.41, 5.74) is 0.932. The van der Waals surface area contributed by atoms with Gasteiger partial charge in [0.25, 0.3) is 0 Å². The van der Waals surface area contributed by atoms with E-state index in [1.54, 1.807) is 47.5 Å². The summed E-state index contributed by atoms with van der Waals surface area (Å²) in [7, 11) is 0. The molecule has 10 nitrogen and oxygen atoms in total. The number of urea groups is 1. The summed E-state index contributed by atoms with van der Waals surface area (Å²) in [6.45, 7) is 15.0. The third-order valence-electron chi connectivity index (χ3n) is 6.97. The van der Waals surface area contributed by atoms with Crippen LogP contribution in [0.3, 0.4) is 0 Å². The van der Waals surface area contributed by atoms with Crippen LogP contribution < -0.4 is 20.1 Å². The van der Waals surface area contributed by atoms with Crippen LogP contribution in [-0.2, 0) is 4.74 Å². The Kier molecular flexibility index (Phi) is 8.59. The van der Waals surface area contributed by atoms with E-state index >= 15 is 0 Å². The molecule has 2 N–H and O–H groups in total. The summed E-state index contributed by atoms with van der Waals surface area (Å²) in [4.78, 5) is 34.3. The second kappa shape index (κ2) is 12.3. The number of carbonyl (C=O) groups excluding carboxylic acids is 2. The van der Waals surface area contributed by atoms with Gasteiger partial charge in [0.2, 0.25) is 5.69 Å². The predicted molar refractivity (Wildman–Crippen MR) is 161 cm³/mol. The van der Waals surface area contributed by atoms with E-state index in [1.165, 1.54) is 0 Å². The zero-order chi connectivity index (χ0) is 29.9. The molecule has 2 aromatic carbocycles. The lowest BCUT2D eigenvalue weighted by Gasteiger charge is -2.33. The van der Waals surface area contributed by atoms with Gasteiger partial charge in [-0.05, 0) is 82.7 Å². The smallest absolute Gasteiger partial charge is 0.410 e. The molecular weight excluding hydrogens is 558 g/mol. The standard InChI is InChI=1S/C31H34ClN5O5/c1-31(2,3)42-30(39)37-13-10-19(11-14-37)18-40-28-17-25-22(16-26(28)33-4)27(9-12-34-25)41-21-7-8-24(23(32)15-21)36-29(38)35-20-5-6-20/h7-9,12,15-17,19-20H,5-6,10-11,13-14,18H2,1-3H3,(H2,35,36,38). The Morgan fingerprint density at radius 2 is 1.86 bits per heavy atom. The highest BCUT2D eigenvalue weighted by atomic mass is 35.5. The number of piperidine rings is 1. The van der Waals surface area contributed by atoms with Crippen molar-refractivity contribution in [3.8, 4) is 17.2 Å². The quantitative estimate of drug-likeness (QED) is 0.275. The molecule has 0 radical (unpaired) electrons. The number of ether oxygens (including phenoxy) is 3. The van der Waals surface area contributed by atoms with Crippen molar-refractivity contribution >= 4 is 46.0 Å². The molecule has 2 aliphatic rings. The highest BCUT2D eigenvalue weighted by Gasteiger charge is 2.27. The Bertz CT molecular complexity index is 1520. The maximum atomic E-state index is 12.4. The Labute approximate surface area is 250 Å². The lowest BCUT2D eigenvalue weighted by molar-refractivity contribution is 0.0165. The number of nitrogens with zero attached hydrogens (tertiary/aromatic N) is 3. The molecule has 0 bridgehead atoms. The number of benzene rings is 2. The summed E-state index contributed by atoms with van der Waals surface area (Å²) >= 11 is 6.41. The summed E-state index contributed by atoms with van der Waals surface area (Å²) in [5.74, 6) is 1.69. The number of carbonyl (C=O) groups is 2. The monoisotopic (exact) mass is 591 g/mol. The van der Waals surface area contributed by atoms with Gasteiger partial charge in [-0.2, -0.15) is 0 Å². The number of likely N-dealkylation sites (tertiary alicyclic amines) is 1. The van der Waals surface area contributed by atoms with E-state index in [1.807, 2.05) is 20.8 Å². The SMILES string of the molecule is [C-]#[N+]c1cc2c(Oc3ccc(NC(=O)NC4CC4)c(Cl)c3)ccnc2cc1OCC1CCN(C(=O)OC(C)(C)C)CC1. The van der Waals surface area contributed by atoms with Crippen molar-refractivity contribution < 1.29 is 23.8 Å². The van der Waals surface area contributed by atoms with E-state index < -0.39 is 5.60 Å². The maximum absolute atomic E-state index is 12.4. The number of hydrogen-bond acceptors (Lipinski definition) is 6. The Balaban J connectivity index is 1.23. The molecule has 0 unspecified atom stereocenters. The predicted octanol–water partition coefficient (Wildman–Crippen LogP) is 7.54. The van der Waals surface area contributed by atoms with Crippen LogP contribution in [0.1, 0.15) is 46.5 Å². The van der Waals surface area contributed by atoms with Crippen LogP contribution in [0.15, 0.2) is 42.6 Å². The van der Waals surface area contributed by atoms with E-state index in [2.05, 4.69) is 20.5 Å². The number of fused-ring (bicyclic) bond motifs is 1. The van der Waals surface area contributed by atoms with Crippen LogP contribution in [-0.4, -0.2) is 53.3 Å². The van der Waals surface area contributed by atoms with Crippen LogP contribution in [0.25, 0.3) is 15.7 Å². The molecule has 1 aromatic heterocycles. The lowest BCUT2D eigenvalue weighted by atomic mass is 9.98. The van der Waals surface area contributed by atoms with Crippen LogP contribution in [0.4, 0.5) is 21.0 Å². The molecule has 5 rings (SSSR count). The van der Waals surface area contributed by atoms with Gasteiger partial charge in [-0.25, -0.2) is 14.4 Å². The largest absolute Gasteiger partial charge is 0.504 e. The van der Waals surface area contributed by atoms with Gasteiger partial charge in [0.05, 0.1) is 29.4 Å². The van der Waals surface area contributed by atoms with Crippen molar-refractivity contribution in [2.75, 3.05) is 25.0 Å². The zero-order valence-electron chi connectivity index (χ0n) is 23.9. The Hall–Kier alpha value is -4.23. The van der Waals surface area contributed by atoms with Gasteiger partial charge in [0.1, 0.15) is 22.8 Å². The second-order valence-corrected chi connectivity index (χ2v) is 12.0. The highest BCUT2D eigenvalue weighted by molar-refractivity contribution is 6.33. The van der Waals surface area contributed by atoms with E-state index in [-0.39, 0.29) is 24.1 Å². The Morgan fingerprint density at radius 1 is 1.10 bits per heavy atom. The van der Waals surface area contributed by atoms with Gasteiger partial charge in [-0.1, -0.05) is 11.6 Å². The molecule has 2 fully saturated rings. The van der Waals surface area contributed by atoms with Gasteiger partial charge in [-0.15, -0.1) is 0 Å². The fraction of sp³-hybridized carbons (Fsp3) is 0.419. The first-order valence-electron chi connectivity index (χ1n) is 14.0. The van der Waals surface area contributed by atoms with Crippen molar-refractivity contribution in [3.05, 3.63) is 59.0 Å². The molecule has 3 amide bonds. The molecule has 1 aliphatic carbocycles. The van der Waals surface area contributed by atoms with E-state index in [0.717, 1.165) is 25.7 Å². The summed E-state index contributed by atoms with van der Waals surface area (Å²) in [6.07, 6.45) is 4.91. The van der Waals surface area contributed by atoms with Gasteiger partial charge >= 0.3 is 12.1 Å². The number of amides is 3. The van der Waals surface area contributed by atoms with Crippen molar-refractivity contribution in [3.63, 3.8) is 0 Å². The topological polar surface area (TPSA) is 106 Å². The van der Waals surface area contributed by atoms with Gasteiger partial charge in [0, 0.05) is 36.8 Å². The van der Waals surface area contributed by atoms with Crippen LogP contribution >= 0.6 is 11.6 Å². The summed E-state index contributed by atoms with van der Waals surface area (Å²) in [5, 5.41) is 6.61. The average molecular weight is 592 g/mol. The van der Waals surface area contributed by atoms with E-state index in [9.17, 15) is 9.59 Å². The first-order valence-corrected chi connectivity index (χ1v) is 14.4. The number of aromatic nitrogens is 1. The van der Waals surface area contributed by atoms with Crippen LogP contribution in [0, 0.1) is 12.5 Å². The molecule has 220 valence electrons. The number of halogens is 1. The van der Waals surface area contributed by atoms with E-state index in [0.29, 0.717) is 64.2 Å². The maximum Gasteiger partial charge on any atom is 0.410 e. The molecule has 0 atom stereocenters. The minimum Gasteiger partial charge on any atom is -0.504 e. The molecule has 1 saturated carbocycles. The zero-order valence-corrected chi connectivity index (χ0v) is 24.7.